The molecule has 0 spiro atoms. The van der Waals surface area contributed by atoms with Crippen LogP contribution in [0.3, 0.4) is 0 Å². The summed E-state index contributed by atoms with van der Waals surface area (Å²) in [6.45, 7) is 10.9. The first-order valence-corrected chi connectivity index (χ1v) is 20.1. The molecule has 0 bridgehead atoms. The maximum atomic E-state index is 14.2. The molecular formula is C40H74O8. The third-order valence-corrected chi connectivity index (χ3v) is 9.05. The number of hydrogen-bond acceptors (Lipinski definition) is 8. The van der Waals surface area contributed by atoms with Gasteiger partial charge in [-0.2, -0.15) is 0 Å². The Kier molecular flexibility index (Phi) is 30.7. The van der Waals surface area contributed by atoms with E-state index in [9.17, 15) is 19.2 Å². The van der Waals surface area contributed by atoms with Crippen molar-refractivity contribution in [3.8, 4) is 0 Å². The topological polar surface area (TPSA) is 105 Å². The van der Waals surface area contributed by atoms with Crippen molar-refractivity contribution in [3.05, 3.63) is 0 Å². The Hall–Kier alpha value is -2.12. The second-order valence-corrected chi connectivity index (χ2v) is 13.4. The van der Waals surface area contributed by atoms with Crippen LogP contribution in [0.1, 0.15) is 195 Å². The van der Waals surface area contributed by atoms with Crippen molar-refractivity contribution in [2.24, 2.45) is 11.3 Å². The van der Waals surface area contributed by atoms with Gasteiger partial charge >= 0.3 is 23.9 Å². The molecule has 1 atom stereocenters. The van der Waals surface area contributed by atoms with Crippen LogP contribution in [-0.4, -0.2) is 50.3 Å². The van der Waals surface area contributed by atoms with Crippen LogP contribution in [0.5, 0.6) is 0 Å². The fraction of sp³-hybridized carbons (Fsp3) is 0.900. The first-order valence-electron chi connectivity index (χ1n) is 20.1. The van der Waals surface area contributed by atoms with Crippen molar-refractivity contribution in [3.63, 3.8) is 0 Å². The van der Waals surface area contributed by atoms with Crippen molar-refractivity contribution in [2.45, 2.75) is 195 Å². The minimum absolute atomic E-state index is 0.0495. The van der Waals surface area contributed by atoms with Gasteiger partial charge in [0.2, 0.25) is 0 Å². The van der Waals surface area contributed by atoms with Crippen LogP contribution in [0.4, 0.5) is 0 Å². The smallest absolute Gasteiger partial charge is 0.336 e. The van der Waals surface area contributed by atoms with Gasteiger partial charge < -0.3 is 18.9 Å². The summed E-state index contributed by atoms with van der Waals surface area (Å²) in [6.07, 6.45) is 22.1. The van der Waals surface area contributed by atoms with Crippen LogP contribution in [0, 0.1) is 11.3 Å². The van der Waals surface area contributed by atoms with Crippen LogP contribution >= 0.6 is 0 Å². The number of hydrogen-bond donors (Lipinski definition) is 0. The van der Waals surface area contributed by atoms with E-state index in [1.54, 1.807) is 0 Å². The highest BCUT2D eigenvalue weighted by atomic mass is 16.6. The van der Waals surface area contributed by atoms with Gasteiger partial charge in [0.15, 0.2) is 0 Å². The predicted octanol–water partition coefficient (Wildman–Crippen LogP) is 10.6. The SMILES string of the molecule is CCCCCCCOC(=O)C(CCCCCC)C(C(=O)OCCCCCCC)(C(=O)OCCCCCCC)C(=O)OCCCCCCC. The number of ether oxygens (including phenoxy) is 4. The molecule has 0 aliphatic rings. The highest BCUT2D eigenvalue weighted by Crippen LogP contribution is 2.38. The van der Waals surface area contributed by atoms with Crippen molar-refractivity contribution in [1.29, 1.82) is 0 Å². The Morgan fingerprint density at radius 1 is 0.375 bits per heavy atom. The molecule has 0 aliphatic carbocycles. The molecule has 0 aliphatic heterocycles. The van der Waals surface area contributed by atoms with Crippen molar-refractivity contribution in [1.82, 2.24) is 0 Å². The lowest BCUT2D eigenvalue weighted by Crippen LogP contribution is -2.57. The second-order valence-electron chi connectivity index (χ2n) is 13.4. The second kappa shape index (κ2) is 32.1. The highest BCUT2D eigenvalue weighted by Gasteiger charge is 2.65. The largest absolute Gasteiger partial charge is 0.465 e. The molecule has 0 amide bonds. The summed E-state index contributed by atoms with van der Waals surface area (Å²) in [5, 5.41) is 0. The zero-order chi connectivity index (χ0) is 35.7. The molecule has 0 saturated heterocycles. The molecule has 0 radical (unpaired) electrons. The van der Waals surface area contributed by atoms with E-state index in [0.29, 0.717) is 32.1 Å². The van der Waals surface area contributed by atoms with Crippen LogP contribution in [0.2, 0.25) is 0 Å². The molecular weight excluding hydrogens is 608 g/mol. The van der Waals surface area contributed by atoms with Gasteiger partial charge in [0.05, 0.1) is 32.3 Å². The van der Waals surface area contributed by atoms with Gasteiger partial charge in [-0.05, 0) is 32.1 Å². The summed E-state index contributed by atoms with van der Waals surface area (Å²) in [4.78, 5) is 56.7. The van der Waals surface area contributed by atoms with Gasteiger partial charge in [-0.3, -0.25) is 19.2 Å². The van der Waals surface area contributed by atoms with Crippen molar-refractivity contribution in [2.75, 3.05) is 26.4 Å². The number of esters is 4. The summed E-state index contributed by atoms with van der Waals surface area (Å²) in [5.74, 6) is -5.28. The molecule has 0 heterocycles. The van der Waals surface area contributed by atoms with Crippen LogP contribution in [-0.2, 0) is 38.1 Å². The van der Waals surface area contributed by atoms with Gasteiger partial charge in [-0.25, -0.2) is 0 Å². The van der Waals surface area contributed by atoms with Crippen LogP contribution in [0.15, 0.2) is 0 Å². The maximum Gasteiger partial charge on any atom is 0.336 e. The zero-order valence-electron chi connectivity index (χ0n) is 31.8. The van der Waals surface area contributed by atoms with Crippen LogP contribution in [0.25, 0.3) is 0 Å². The number of carbonyl (C=O) groups excluding carboxylic acids is 4. The quantitative estimate of drug-likeness (QED) is 0.0286. The Morgan fingerprint density at radius 2 is 0.646 bits per heavy atom. The third-order valence-electron chi connectivity index (χ3n) is 9.05. The number of unbranched alkanes of at least 4 members (excludes halogenated alkanes) is 19. The Bertz CT molecular complexity index is 742. The van der Waals surface area contributed by atoms with Gasteiger partial charge in [0, 0.05) is 0 Å². The minimum Gasteiger partial charge on any atom is -0.465 e. The molecule has 0 aromatic heterocycles. The van der Waals surface area contributed by atoms with E-state index in [4.69, 9.17) is 18.9 Å². The Morgan fingerprint density at radius 3 is 0.958 bits per heavy atom. The molecule has 8 nitrogen and oxygen atoms in total. The minimum atomic E-state index is -2.57. The molecule has 0 aromatic rings. The highest BCUT2D eigenvalue weighted by molar-refractivity contribution is 6.20. The summed E-state index contributed by atoms with van der Waals surface area (Å²) in [5.41, 5.74) is -2.57. The molecule has 0 N–H and O–H groups in total. The Labute approximate surface area is 294 Å². The zero-order valence-corrected chi connectivity index (χ0v) is 31.8. The summed E-state index contributed by atoms with van der Waals surface area (Å²) in [7, 11) is 0. The lowest BCUT2D eigenvalue weighted by Gasteiger charge is -2.33. The first-order chi connectivity index (χ1) is 23.4. The normalized spacial score (nSPS) is 12.0. The molecule has 8 heteroatoms. The summed E-state index contributed by atoms with van der Waals surface area (Å²) < 4.78 is 22.9. The first kappa shape index (κ1) is 45.9. The van der Waals surface area contributed by atoms with Crippen molar-refractivity contribution >= 4 is 23.9 Å². The van der Waals surface area contributed by atoms with Gasteiger partial charge in [-0.15, -0.1) is 0 Å². The van der Waals surface area contributed by atoms with E-state index in [2.05, 4.69) is 34.6 Å². The van der Waals surface area contributed by atoms with E-state index >= 15 is 0 Å². The van der Waals surface area contributed by atoms with Crippen molar-refractivity contribution < 1.29 is 38.1 Å². The van der Waals surface area contributed by atoms with Gasteiger partial charge in [0.25, 0.3) is 5.41 Å². The monoisotopic (exact) mass is 683 g/mol. The molecule has 0 aromatic carbocycles. The van der Waals surface area contributed by atoms with Gasteiger partial charge in [-0.1, -0.05) is 163 Å². The van der Waals surface area contributed by atoms with Crippen LogP contribution < -0.4 is 0 Å². The molecule has 48 heavy (non-hydrogen) atoms. The summed E-state index contributed by atoms with van der Waals surface area (Å²) in [6, 6.07) is 0. The fourth-order valence-electron chi connectivity index (χ4n) is 5.90. The summed E-state index contributed by atoms with van der Waals surface area (Å²) >= 11 is 0. The molecule has 282 valence electrons. The van der Waals surface area contributed by atoms with E-state index in [-0.39, 0.29) is 32.8 Å². The van der Waals surface area contributed by atoms with E-state index < -0.39 is 35.2 Å². The average Bonchev–Trinajstić information content (AvgIpc) is 3.08. The van der Waals surface area contributed by atoms with E-state index in [1.165, 1.54) is 0 Å². The average molecular weight is 683 g/mol. The fourth-order valence-corrected chi connectivity index (χ4v) is 5.90. The van der Waals surface area contributed by atoms with E-state index in [0.717, 1.165) is 122 Å². The third kappa shape index (κ3) is 19.8. The molecule has 0 fully saturated rings. The molecule has 1 unspecified atom stereocenters. The predicted molar refractivity (Wildman–Crippen MR) is 194 cm³/mol. The molecule has 0 saturated carbocycles. The van der Waals surface area contributed by atoms with Gasteiger partial charge in [0.1, 0.15) is 0 Å². The number of carbonyl (C=O) groups is 4. The maximum absolute atomic E-state index is 14.2. The number of rotatable bonds is 34. The van der Waals surface area contributed by atoms with E-state index in [1.807, 2.05) is 0 Å². The standard InChI is InChI=1S/C40H74O8/c1-6-11-16-21-26-31-45-36(41)35(30-25-20-15-10-5)40(37(42)46-32-27-22-17-12-7-2,38(43)47-33-28-23-18-13-8-3)39(44)48-34-29-24-19-14-9-4/h35H,6-34H2,1-5H3. The molecule has 0 rings (SSSR count). The lowest BCUT2D eigenvalue weighted by molar-refractivity contribution is -0.195. The lowest BCUT2D eigenvalue weighted by atomic mass is 9.72. The Balaban J connectivity index is 6.47.